The third-order valence-corrected chi connectivity index (χ3v) is 2.93. The second kappa shape index (κ2) is 4.01. The van der Waals surface area contributed by atoms with Gasteiger partial charge in [0.25, 0.3) is 0 Å². The number of aryl methyl sites for hydroxylation is 1. The molecule has 1 saturated heterocycles. The average molecular weight is 192 g/mol. The average Bonchev–Trinajstić information content (AvgIpc) is 2.23. The maximum atomic E-state index is 9.60. The van der Waals surface area contributed by atoms with E-state index < -0.39 is 0 Å². The molecule has 0 aromatic heterocycles. The molecule has 0 saturated carbocycles. The van der Waals surface area contributed by atoms with Gasteiger partial charge in [-0.25, -0.2) is 0 Å². The van der Waals surface area contributed by atoms with Crippen LogP contribution in [0.2, 0.25) is 0 Å². The molecule has 76 valence electrons. The molecule has 2 rings (SSSR count). The van der Waals surface area contributed by atoms with Crippen molar-refractivity contribution >= 4 is 0 Å². The maximum absolute atomic E-state index is 9.60. The highest BCUT2D eigenvalue weighted by Crippen LogP contribution is 2.30. The van der Waals surface area contributed by atoms with Gasteiger partial charge in [-0.2, -0.15) is 0 Å². The lowest BCUT2D eigenvalue weighted by atomic mass is 9.91. The van der Waals surface area contributed by atoms with Gasteiger partial charge in [-0.15, -0.1) is 0 Å². The van der Waals surface area contributed by atoms with Gasteiger partial charge in [-0.3, -0.25) is 0 Å². The lowest BCUT2D eigenvalue weighted by Crippen LogP contribution is -2.13. The summed E-state index contributed by atoms with van der Waals surface area (Å²) in [4.78, 5) is 0. The second-order valence-electron chi connectivity index (χ2n) is 3.93. The molecule has 0 spiro atoms. The Morgan fingerprint density at radius 1 is 1.29 bits per heavy atom. The lowest BCUT2D eigenvalue weighted by Gasteiger charge is -2.22. The highest BCUT2D eigenvalue weighted by molar-refractivity contribution is 5.36. The molecule has 0 atom stereocenters. The van der Waals surface area contributed by atoms with Gasteiger partial charge >= 0.3 is 0 Å². The van der Waals surface area contributed by atoms with E-state index in [2.05, 4.69) is 6.07 Å². The van der Waals surface area contributed by atoms with Crippen molar-refractivity contribution in [2.75, 3.05) is 13.2 Å². The zero-order valence-electron chi connectivity index (χ0n) is 8.49. The topological polar surface area (TPSA) is 29.5 Å². The number of aromatic hydroxyl groups is 1. The molecule has 1 N–H and O–H groups in total. The summed E-state index contributed by atoms with van der Waals surface area (Å²) in [6.07, 6.45) is 2.14. The molecule has 0 radical (unpaired) electrons. The van der Waals surface area contributed by atoms with E-state index in [4.69, 9.17) is 4.74 Å². The van der Waals surface area contributed by atoms with Gasteiger partial charge in [0, 0.05) is 13.2 Å². The van der Waals surface area contributed by atoms with Crippen molar-refractivity contribution in [1.29, 1.82) is 0 Å². The Labute approximate surface area is 84.5 Å². The summed E-state index contributed by atoms with van der Waals surface area (Å²) in [5.41, 5.74) is 2.19. The van der Waals surface area contributed by atoms with Crippen LogP contribution in [0, 0.1) is 6.92 Å². The normalized spacial score (nSPS) is 18.4. The fraction of sp³-hybridized carbons (Fsp3) is 0.500. The van der Waals surface area contributed by atoms with Crippen LogP contribution < -0.4 is 0 Å². The Morgan fingerprint density at radius 3 is 2.64 bits per heavy atom. The Hall–Kier alpha value is -1.02. The summed E-state index contributed by atoms with van der Waals surface area (Å²) in [6, 6.07) is 6.00. The Morgan fingerprint density at radius 2 is 2.00 bits per heavy atom. The summed E-state index contributed by atoms with van der Waals surface area (Å²) in [7, 11) is 0. The van der Waals surface area contributed by atoms with Crippen molar-refractivity contribution in [2.45, 2.75) is 25.7 Å². The molecule has 0 unspecified atom stereocenters. The third-order valence-electron chi connectivity index (χ3n) is 2.93. The van der Waals surface area contributed by atoms with Crippen LogP contribution in [0.5, 0.6) is 5.75 Å². The second-order valence-corrected chi connectivity index (χ2v) is 3.93. The first-order valence-electron chi connectivity index (χ1n) is 5.14. The first-order chi connectivity index (χ1) is 6.77. The van der Waals surface area contributed by atoms with Crippen LogP contribution in [0.25, 0.3) is 0 Å². The summed E-state index contributed by atoms with van der Waals surface area (Å²) < 4.78 is 5.31. The van der Waals surface area contributed by atoms with Gasteiger partial charge in [0.05, 0.1) is 0 Å². The molecule has 2 nitrogen and oxygen atoms in total. The van der Waals surface area contributed by atoms with Crippen molar-refractivity contribution < 1.29 is 9.84 Å². The zero-order valence-corrected chi connectivity index (χ0v) is 8.49. The minimum absolute atomic E-state index is 0.411. The predicted octanol–water partition coefficient (Wildman–Crippen LogP) is 2.59. The first kappa shape index (κ1) is 9.53. The van der Waals surface area contributed by atoms with Crippen LogP contribution in [0.3, 0.4) is 0 Å². The molecule has 1 aromatic carbocycles. The molecule has 1 aliphatic rings. The Kier molecular flexibility index (Phi) is 2.73. The summed E-state index contributed by atoms with van der Waals surface area (Å²) in [5.74, 6) is 0.976. The highest BCUT2D eigenvalue weighted by Gasteiger charge is 2.16. The fourth-order valence-corrected chi connectivity index (χ4v) is 1.91. The van der Waals surface area contributed by atoms with E-state index in [0.29, 0.717) is 11.7 Å². The Balaban J connectivity index is 2.18. The summed E-state index contributed by atoms with van der Waals surface area (Å²) in [5, 5.41) is 9.60. The summed E-state index contributed by atoms with van der Waals surface area (Å²) >= 11 is 0. The van der Waals surface area contributed by atoms with Crippen LogP contribution in [0.15, 0.2) is 18.2 Å². The van der Waals surface area contributed by atoms with Gasteiger partial charge < -0.3 is 9.84 Å². The molecule has 1 fully saturated rings. The largest absolute Gasteiger partial charge is 0.508 e. The molecule has 1 heterocycles. The molecule has 0 bridgehead atoms. The van der Waals surface area contributed by atoms with Crippen LogP contribution in [-0.2, 0) is 4.74 Å². The van der Waals surface area contributed by atoms with Crippen LogP contribution >= 0.6 is 0 Å². The van der Waals surface area contributed by atoms with Gasteiger partial charge in [0.2, 0.25) is 0 Å². The number of hydrogen-bond donors (Lipinski definition) is 1. The molecule has 2 heteroatoms. The molecule has 0 aliphatic carbocycles. The monoisotopic (exact) mass is 192 g/mol. The standard InChI is InChI=1S/C12H16O2/c1-9-2-3-11(8-12(9)13)10-4-6-14-7-5-10/h2-3,8,10,13H,4-7H2,1H3. The fourth-order valence-electron chi connectivity index (χ4n) is 1.91. The van der Waals surface area contributed by atoms with Crippen molar-refractivity contribution in [3.8, 4) is 5.75 Å². The van der Waals surface area contributed by atoms with E-state index in [9.17, 15) is 5.11 Å². The van der Waals surface area contributed by atoms with Crippen molar-refractivity contribution in [1.82, 2.24) is 0 Å². The zero-order chi connectivity index (χ0) is 9.97. The van der Waals surface area contributed by atoms with Crippen molar-refractivity contribution in [3.63, 3.8) is 0 Å². The third kappa shape index (κ3) is 1.90. The van der Waals surface area contributed by atoms with Crippen LogP contribution in [-0.4, -0.2) is 18.3 Å². The number of ether oxygens (including phenoxy) is 1. The molecular formula is C12H16O2. The van der Waals surface area contributed by atoms with E-state index >= 15 is 0 Å². The van der Waals surface area contributed by atoms with Gasteiger partial charge in [0.15, 0.2) is 0 Å². The number of phenolic OH excluding ortho intramolecular Hbond substituents is 1. The van der Waals surface area contributed by atoms with Crippen molar-refractivity contribution in [3.05, 3.63) is 29.3 Å². The van der Waals surface area contributed by atoms with Crippen LogP contribution in [0.4, 0.5) is 0 Å². The number of phenols is 1. The SMILES string of the molecule is Cc1ccc(C2CCOCC2)cc1O. The van der Waals surface area contributed by atoms with E-state index in [1.807, 2.05) is 19.1 Å². The number of rotatable bonds is 1. The number of hydrogen-bond acceptors (Lipinski definition) is 2. The predicted molar refractivity (Wildman–Crippen MR) is 55.6 cm³/mol. The van der Waals surface area contributed by atoms with E-state index in [-0.39, 0.29) is 0 Å². The molecular weight excluding hydrogens is 176 g/mol. The summed E-state index contributed by atoms with van der Waals surface area (Å²) in [6.45, 7) is 3.61. The maximum Gasteiger partial charge on any atom is 0.118 e. The lowest BCUT2D eigenvalue weighted by molar-refractivity contribution is 0.0853. The van der Waals surface area contributed by atoms with Gasteiger partial charge in [0.1, 0.15) is 5.75 Å². The first-order valence-corrected chi connectivity index (χ1v) is 5.14. The molecule has 14 heavy (non-hydrogen) atoms. The number of benzene rings is 1. The van der Waals surface area contributed by atoms with Crippen molar-refractivity contribution in [2.24, 2.45) is 0 Å². The molecule has 1 aromatic rings. The molecule has 0 amide bonds. The molecule has 1 aliphatic heterocycles. The minimum Gasteiger partial charge on any atom is -0.508 e. The van der Waals surface area contributed by atoms with Gasteiger partial charge in [-0.05, 0) is 42.9 Å². The van der Waals surface area contributed by atoms with E-state index in [1.165, 1.54) is 5.56 Å². The van der Waals surface area contributed by atoms with Crippen LogP contribution in [0.1, 0.15) is 29.9 Å². The van der Waals surface area contributed by atoms with E-state index in [1.54, 1.807) is 0 Å². The van der Waals surface area contributed by atoms with E-state index in [0.717, 1.165) is 31.6 Å². The highest BCUT2D eigenvalue weighted by atomic mass is 16.5. The quantitative estimate of drug-likeness (QED) is 0.741. The minimum atomic E-state index is 0.411. The Bertz CT molecular complexity index is 314. The smallest absolute Gasteiger partial charge is 0.118 e. The van der Waals surface area contributed by atoms with Gasteiger partial charge in [-0.1, -0.05) is 12.1 Å².